The highest BCUT2D eigenvalue weighted by Gasteiger charge is 2.12. The fraction of sp³-hybridized carbons (Fsp3) is 0.136. The maximum atomic E-state index is 13.3. The molecule has 4 rings (SSSR count). The van der Waals surface area contributed by atoms with Gasteiger partial charge in [0, 0.05) is 5.56 Å². The molecule has 0 aliphatic heterocycles. The summed E-state index contributed by atoms with van der Waals surface area (Å²) in [6, 6.07) is 22.4. The van der Waals surface area contributed by atoms with E-state index in [1.54, 1.807) is 12.1 Å². The van der Waals surface area contributed by atoms with Crippen molar-refractivity contribution >= 4 is 11.0 Å². The lowest BCUT2D eigenvalue weighted by Gasteiger charge is -2.12. The van der Waals surface area contributed by atoms with E-state index in [-0.39, 0.29) is 5.82 Å². The Balaban J connectivity index is 1.65. The molecule has 3 nitrogen and oxygen atoms in total. The average Bonchev–Trinajstić information content (AvgIpc) is 3.03. The molecule has 130 valence electrons. The SMILES string of the molecule is Cc1ccccc1OCCn1c(-c2ccc(F)cc2)nc2ccccc21. The quantitative estimate of drug-likeness (QED) is 0.495. The topological polar surface area (TPSA) is 27.1 Å². The van der Waals surface area contributed by atoms with Crippen LogP contribution >= 0.6 is 0 Å². The van der Waals surface area contributed by atoms with E-state index in [1.165, 1.54) is 12.1 Å². The number of nitrogens with zero attached hydrogens (tertiary/aromatic N) is 2. The predicted molar refractivity (Wildman–Crippen MR) is 102 cm³/mol. The number of halogens is 1. The number of fused-ring (bicyclic) bond motifs is 1. The molecule has 3 aromatic carbocycles. The molecule has 1 aromatic heterocycles. The van der Waals surface area contributed by atoms with Crippen molar-refractivity contribution in [2.45, 2.75) is 13.5 Å². The Labute approximate surface area is 151 Å². The van der Waals surface area contributed by atoms with Crippen LogP contribution < -0.4 is 4.74 Å². The summed E-state index contributed by atoms with van der Waals surface area (Å²) in [4.78, 5) is 4.74. The Bertz CT molecular complexity index is 1040. The summed E-state index contributed by atoms with van der Waals surface area (Å²) in [5.74, 6) is 1.46. The third-order valence-electron chi connectivity index (χ3n) is 4.42. The van der Waals surface area contributed by atoms with Crippen molar-refractivity contribution in [2.75, 3.05) is 6.61 Å². The first-order chi connectivity index (χ1) is 12.7. The van der Waals surface area contributed by atoms with Crippen LogP contribution in [0.2, 0.25) is 0 Å². The van der Waals surface area contributed by atoms with E-state index in [0.29, 0.717) is 13.2 Å². The van der Waals surface area contributed by atoms with Gasteiger partial charge in [0.15, 0.2) is 0 Å². The van der Waals surface area contributed by atoms with Crippen molar-refractivity contribution in [2.24, 2.45) is 0 Å². The van der Waals surface area contributed by atoms with Crippen LogP contribution in [0.3, 0.4) is 0 Å². The van der Waals surface area contributed by atoms with Crippen LogP contribution in [0.1, 0.15) is 5.56 Å². The fourth-order valence-electron chi connectivity index (χ4n) is 3.09. The van der Waals surface area contributed by atoms with Gasteiger partial charge < -0.3 is 9.30 Å². The van der Waals surface area contributed by atoms with E-state index in [0.717, 1.165) is 33.7 Å². The summed E-state index contributed by atoms with van der Waals surface area (Å²) in [7, 11) is 0. The van der Waals surface area contributed by atoms with E-state index in [2.05, 4.69) is 4.57 Å². The van der Waals surface area contributed by atoms with E-state index >= 15 is 0 Å². The molecule has 0 fully saturated rings. The molecule has 0 spiro atoms. The third kappa shape index (κ3) is 3.18. The lowest BCUT2D eigenvalue weighted by atomic mass is 10.2. The first-order valence-electron chi connectivity index (χ1n) is 8.62. The minimum absolute atomic E-state index is 0.251. The van der Waals surface area contributed by atoms with Gasteiger partial charge in [-0.05, 0) is 55.0 Å². The van der Waals surface area contributed by atoms with E-state index in [4.69, 9.17) is 9.72 Å². The van der Waals surface area contributed by atoms with E-state index < -0.39 is 0 Å². The molecule has 0 bridgehead atoms. The first-order valence-corrected chi connectivity index (χ1v) is 8.62. The molecule has 26 heavy (non-hydrogen) atoms. The van der Waals surface area contributed by atoms with Crippen LogP contribution in [0.5, 0.6) is 5.75 Å². The Morgan fingerprint density at radius 3 is 2.46 bits per heavy atom. The van der Waals surface area contributed by atoms with E-state index in [1.807, 2.05) is 55.5 Å². The molecule has 0 saturated heterocycles. The largest absolute Gasteiger partial charge is 0.491 e. The molecular formula is C22H19FN2O. The van der Waals surface area contributed by atoms with Gasteiger partial charge in [0.05, 0.1) is 17.6 Å². The number of hydrogen-bond acceptors (Lipinski definition) is 2. The standard InChI is InChI=1S/C22H19FN2O/c1-16-6-2-5-9-21(16)26-15-14-25-20-8-4-3-7-19(20)24-22(25)17-10-12-18(23)13-11-17/h2-13H,14-15H2,1H3. The zero-order chi connectivity index (χ0) is 17.9. The highest BCUT2D eigenvalue weighted by Crippen LogP contribution is 2.25. The number of aryl methyl sites for hydroxylation is 1. The van der Waals surface area contributed by atoms with Crippen LogP contribution in [0.4, 0.5) is 4.39 Å². The van der Waals surface area contributed by atoms with Gasteiger partial charge in [-0.25, -0.2) is 9.37 Å². The van der Waals surface area contributed by atoms with Crippen molar-refractivity contribution in [1.82, 2.24) is 9.55 Å². The summed E-state index contributed by atoms with van der Waals surface area (Å²) in [5, 5.41) is 0. The molecule has 0 radical (unpaired) electrons. The molecule has 4 heteroatoms. The maximum Gasteiger partial charge on any atom is 0.141 e. The number of para-hydroxylation sites is 3. The van der Waals surface area contributed by atoms with Gasteiger partial charge in [0.1, 0.15) is 24.0 Å². The van der Waals surface area contributed by atoms with Gasteiger partial charge in [-0.1, -0.05) is 30.3 Å². The Morgan fingerprint density at radius 2 is 1.65 bits per heavy atom. The molecule has 0 saturated carbocycles. The van der Waals surface area contributed by atoms with Gasteiger partial charge in [0.25, 0.3) is 0 Å². The fourth-order valence-corrected chi connectivity index (χ4v) is 3.09. The van der Waals surface area contributed by atoms with Crippen LogP contribution in [0.15, 0.2) is 72.8 Å². The third-order valence-corrected chi connectivity index (χ3v) is 4.42. The van der Waals surface area contributed by atoms with Gasteiger partial charge in [-0.2, -0.15) is 0 Å². The highest BCUT2D eigenvalue weighted by atomic mass is 19.1. The molecule has 0 aliphatic carbocycles. The first kappa shape index (κ1) is 16.3. The number of aromatic nitrogens is 2. The summed E-state index contributed by atoms with van der Waals surface area (Å²) in [5.41, 5.74) is 3.96. The molecule has 1 heterocycles. The second-order valence-electron chi connectivity index (χ2n) is 6.20. The Morgan fingerprint density at radius 1 is 0.923 bits per heavy atom. The maximum absolute atomic E-state index is 13.3. The van der Waals surface area contributed by atoms with Gasteiger partial charge in [0.2, 0.25) is 0 Å². The van der Waals surface area contributed by atoms with Crippen molar-refractivity contribution < 1.29 is 9.13 Å². The lowest BCUT2D eigenvalue weighted by molar-refractivity contribution is 0.299. The number of benzene rings is 3. The monoisotopic (exact) mass is 346 g/mol. The highest BCUT2D eigenvalue weighted by molar-refractivity contribution is 5.80. The zero-order valence-electron chi connectivity index (χ0n) is 14.5. The van der Waals surface area contributed by atoms with Crippen LogP contribution in [0, 0.1) is 12.7 Å². The average molecular weight is 346 g/mol. The summed E-state index contributed by atoms with van der Waals surface area (Å²) in [6.07, 6.45) is 0. The van der Waals surface area contributed by atoms with Gasteiger partial charge >= 0.3 is 0 Å². The number of ether oxygens (including phenoxy) is 1. The predicted octanol–water partition coefficient (Wildman–Crippen LogP) is 5.23. The molecule has 0 N–H and O–H groups in total. The van der Waals surface area contributed by atoms with Gasteiger partial charge in [-0.3, -0.25) is 0 Å². The summed E-state index contributed by atoms with van der Waals surface area (Å²) < 4.78 is 21.4. The summed E-state index contributed by atoms with van der Waals surface area (Å²) in [6.45, 7) is 3.22. The number of hydrogen-bond donors (Lipinski definition) is 0. The van der Waals surface area contributed by atoms with Crippen LogP contribution in [0.25, 0.3) is 22.4 Å². The Kier molecular flexibility index (Phi) is 4.40. The molecule has 0 atom stereocenters. The zero-order valence-corrected chi connectivity index (χ0v) is 14.5. The van der Waals surface area contributed by atoms with Gasteiger partial charge in [-0.15, -0.1) is 0 Å². The second kappa shape index (κ2) is 7.00. The normalized spacial score (nSPS) is 11.0. The minimum atomic E-state index is -0.251. The van der Waals surface area contributed by atoms with Crippen LogP contribution in [-0.4, -0.2) is 16.2 Å². The van der Waals surface area contributed by atoms with Crippen molar-refractivity contribution in [3.05, 3.63) is 84.2 Å². The molecular weight excluding hydrogens is 327 g/mol. The smallest absolute Gasteiger partial charge is 0.141 e. The molecule has 0 aliphatic rings. The van der Waals surface area contributed by atoms with E-state index in [9.17, 15) is 4.39 Å². The lowest BCUT2D eigenvalue weighted by Crippen LogP contribution is -2.10. The minimum Gasteiger partial charge on any atom is -0.491 e. The van der Waals surface area contributed by atoms with Crippen LogP contribution in [-0.2, 0) is 6.54 Å². The Hall–Kier alpha value is -3.14. The van der Waals surface area contributed by atoms with Crippen molar-refractivity contribution in [1.29, 1.82) is 0 Å². The summed E-state index contributed by atoms with van der Waals surface area (Å²) >= 11 is 0. The molecule has 0 amide bonds. The molecule has 4 aromatic rings. The van der Waals surface area contributed by atoms with Crippen molar-refractivity contribution in [3.63, 3.8) is 0 Å². The molecule has 0 unspecified atom stereocenters. The van der Waals surface area contributed by atoms with Crippen molar-refractivity contribution in [3.8, 4) is 17.1 Å². The second-order valence-corrected chi connectivity index (χ2v) is 6.20. The number of rotatable bonds is 5. The number of imidazole rings is 1.